The first-order valence-corrected chi connectivity index (χ1v) is 5.75. The molecule has 14 heavy (non-hydrogen) atoms. The van der Waals surface area contributed by atoms with Gasteiger partial charge in [0.05, 0.1) is 6.10 Å². The van der Waals surface area contributed by atoms with Gasteiger partial charge < -0.3 is 15.3 Å². The molecule has 0 radical (unpaired) electrons. The molecule has 1 rings (SSSR count). The molecule has 0 aromatic heterocycles. The van der Waals surface area contributed by atoms with Crippen LogP contribution in [0.25, 0.3) is 0 Å². The maximum absolute atomic E-state index is 9.74. The highest BCUT2D eigenvalue weighted by Gasteiger charge is 2.21. The standard InChI is InChI=1S/C11H24N2O/c1-4-9(2)13(3)8-11(14)7-12-10-5-6-10/h9-12,14H,4-8H2,1-3H3. The predicted octanol–water partition coefficient (Wildman–Crippen LogP) is 0.830. The van der Waals surface area contributed by atoms with Gasteiger partial charge in [0.25, 0.3) is 0 Å². The lowest BCUT2D eigenvalue weighted by molar-refractivity contribution is 0.105. The van der Waals surface area contributed by atoms with Gasteiger partial charge >= 0.3 is 0 Å². The van der Waals surface area contributed by atoms with Crippen molar-refractivity contribution >= 4 is 0 Å². The molecule has 1 saturated carbocycles. The van der Waals surface area contributed by atoms with Gasteiger partial charge in [-0.25, -0.2) is 0 Å². The van der Waals surface area contributed by atoms with Crippen molar-refractivity contribution in [3.63, 3.8) is 0 Å². The summed E-state index contributed by atoms with van der Waals surface area (Å²) in [6.07, 6.45) is 3.48. The molecule has 1 aliphatic rings. The van der Waals surface area contributed by atoms with Crippen molar-refractivity contribution in [1.82, 2.24) is 10.2 Å². The molecule has 3 heteroatoms. The summed E-state index contributed by atoms with van der Waals surface area (Å²) < 4.78 is 0. The molecule has 0 heterocycles. The van der Waals surface area contributed by atoms with Gasteiger partial charge in [0.1, 0.15) is 0 Å². The monoisotopic (exact) mass is 200 g/mol. The number of nitrogens with zero attached hydrogens (tertiary/aromatic N) is 1. The van der Waals surface area contributed by atoms with E-state index in [0.717, 1.165) is 19.5 Å². The zero-order valence-corrected chi connectivity index (χ0v) is 9.66. The van der Waals surface area contributed by atoms with E-state index >= 15 is 0 Å². The van der Waals surface area contributed by atoms with Crippen LogP contribution < -0.4 is 5.32 Å². The molecule has 2 unspecified atom stereocenters. The molecule has 0 aliphatic heterocycles. The summed E-state index contributed by atoms with van der Waals surface area (Å²) in [7, 11) is 2.08. The second-order valence-corrected chi connectivity index (χ2v) is 4.53. The summed E-state index contributed by atoms with van der Waals surface area (Å²) in [5.74, 6) is 0. The van der Waals surface area contributed by atoms with E-state index in [4.69, 9.17) is 0 Å². The molecule has 84 valence electrons. The smallest absolute Gasteiger partial charge is 0.0791 e. The fourth-order valence-electron chi connectivity index (χ4n) is 1.48. The molecule has 0 amide bonds. The van der Waals surface area contributed by atoms with Gasteiger partial charge in [0.2, 0.25) is 0 Å². The van der Waals surface area contributed by atoms with E-state index in [1.807, 2.05) is 0 Å². The van der Waals surface area contributed by atoms with Gasteiger partial charge in [-0.1, -0.05) is 6.92 Å². The number of hydrogen-bond donors (Lipinski definition) is 2. The molecule has 0 saturated heterocycles. The number of nitrogens with one attached hydrogen (secondary N) is 1. The van der Waals surface area contributed by atoms with Crippen LogP contribution in [-0.4, -0.2) is 48.3 Å². The first kappa shape index (κ1) is 12.0. The summed E-state index contributed by atoms with van der Waals surface area (Å²) in [6.45, 7) is 5.89. The number of aliphatic hydroxyl groups is 1. The summed E-state index contributed by atoms with van der Waals surface area (Å²) in [4.78, 5) is 2.22. The third kappa shape index (κ3) is 4.40. The van der Waals surface area contributed by atoms with Gasteiger partial charge in [0.15, 0.2) is 0 Å². The van der Waals surface area contributed by atoms with E-state index in [9.17, 15) is 5.11 Å². The summed E-state index contributed by atoms with van der Waals surface area (Å²) >= 11 is 0. The Morgan fingerprint density at radius 2 is 2.14 bits per heavy atom. The highest BCUT2D eigenvalue weighted by Crippen LogP contribution is 2.18. The Hall–Kier alpha value is -0.120. The van der Waals surface area contributed by atoms with Crippen LogP contribution in [0.5, 0.6) is 0 Å². The van der Waals surface area contributed by atoms with Crippen LogP contribution in [0.15, 0.2) is 0 Å². The van der Waals surface area contributed by atoms with Gasteiger partial charge in [-0.15, -0.1) is 0 Å². The molecule has 0 aromatic carbocycles. The van der Waals surface area contributed by atoms with Crippen molar-refractivity contribution < 1.29 is 5.11 Å². The zero-order valence-electron chi connectivity index (χ0n) is 9.66. The van der Waals surface area contributed by atoms with Crippen molar-refractivity contribution in [3.05, 3.63) is 0 Å². The Bertz CT molecular complexity index is 159. The highest BCUT2D eigenvalue weighted by atomic mass is 16.3. The van der Waals surface area contributed by atoms with Crippen LogP contribution >= 0.6 is 0 Å². The molecular formula is C11H24N2O. The van der Waals surface area contributed by atoms with Crippen LogP contribution in [0.4, 0.5) is 0 Å². The van der Waals surface area contributed by atoms with Gasteiger partial charge in [-0.2, -0.15) is 0 Å². The second kappa shape index (κ2) is 5.69. The van der Waals surface area contributed by atoms with Gasteiger partial charge in [0, 0.05) is 25.2 Å². The van der Waals surface area contributed by atoms with Crippen molar-refractivity contribution in [2.45, 2.75) is 51.3 Å². The predicted molar refractivity (Wildman–Crippen MR) is 59.4 cm³/mol. The SMILES string of the molecule is CCC(C)N(C)CC(O)CNC1CC1. The van der Waals surface area contributed by atoms with E-state index in [1.54, 1.807) is 0 Å². The average molecular weight is 200 g/mol. The highest BCUT2D eigenvalue weighted by molar-refractivity contribution is 4.82. The first-order chi connectivity index (χ1) is 6.63. The minimum absolute atomic E-state index is 0.227. The quantitative estimate of drug-likeness (QED) is 0.639. The minimum Gasteiger partial charge on any atom is -0.390 e. The van der Waals surface area contributed by atoms with E-state index < -0.39 is 0 Å². The first-order valence-electron chi connectivity index (χ1n) is 5.75. The Morgan fingerprint density at radius 3 is 2.64 bits per heavy atom. The Kier molecular flexibility index (Phi) is 4.85. The second-order valence-electron chi connectivity index (χ2n) is 4.53. The van der Waals surface area contributed by atoms with Crippen molar-refractivity contribution in [2.24, 2.45) is 0 Å². The van der Waals surface area contributed by atoms with Gasteiger partial charge in [-0.05, 0) is 33.2 Å². The van der Waals surface area contributed by atoms with Gasteiger partial charge in [-0.3, -0.25) is 0 Å². The van der Waals surface area contributed by atoms with Crippen LogP contribution in [0, 0.1) is 0 Å². The molecule has 3 nitrogen and oxygen atoms in total. The van der Waals surface area contributed by atoms with E-state index in [2.05, 4.69) is 31.1 Å². The zero-order chi connectivity index (χ0) is 10.6. The van der Waals surface area contributed by atoms with E-state index in [1.165, 1.54) is 12.8 Å². The summed E-state index contributed by atoms with van der Waals surface area (Å²) in [5, 5.41) is 13.1. The number of hydrogen-bond acceptors (Lipinski definition) is 3. The third-order valence-electron chi connectivity index (χ3n) is 3.06. The fourth-order valence-corrected chi connectivity index (χ4v) is 1.48. The molecular weight excluding hydrogens is 176 g/mol. The third-order valence-corrected chi connectivity index (χ3v) is 3.06. The normalized spacial score (nSPS) is 21.2. The largest absolute Gasteiger partial charge is 0.390 e. The fraction of sp³-hybridized carbons (Fsp3) is 1.00. The summed E-state index contributed by atoms with van der Waals surface area (Å²) in [5.41, 5.74) is 0. The molecule has 1 fully saturated rings. The number of aliphatic hydroxyl groups excluding tert-OH is 1. The van der Waals surface area contributed by atoms with Crippen molar-refractivity contribution in [1.29, 1.82) is 0 Å². The Labute approximate surface area is 87.5 Å². The maximum Gasteiger partial charge on any atom is 0.0791 e. The molecule has 2 N–H and O–H groups in total. The number of likely N-dealkylation sites (N-methyl/N-ethyl adjacent to an activating group) is 1. The molecule has 0 aromatic rings. The Morgan fingerprint density at radius 1 is 1.50 bits per heavy atom. The average Bonchev–Trinajstić information content (AvgIpc) is 2.96. The topological polar surface area (TPSA) is 35.5 Å². The lowest BCUT2D eigenvalue weighted by Crippen LogP contribution is -2.40. The van der Waals surface area contributed by atoms with E-state index in [0.29, 0.717) is 12.1 Å². The van der Waals surface area contributed by atoms with Crippen LogP contribution in [0.1, 0.15) is 33.1 Å². The Balaban J connectivity index is 2.07. The van der Waals surface area contributed by atoms with Crippen molar-refractivity contribution in [3.8, 4) is 0 Å². The minimum atomic E-state index is -0.227. The van der Waals surface area contributed by atoms with Crippen LogP contribution in [-0.2, 0) is 0 Å². The van der Waals surface area contributed by atoms with Crippen LogP contribution in [0.3, 0.4) is 0 Å². The molecule has 0 bridgehead atoms. The maximum atomic E-state index is 9.74. The lowest BCUT2D eigenvalue weighted by atomic mass is 10.2. The summed E-state index contributed by atoms with van der Waals surface area (Å²) in [6, 6.07) is 1.25. The van der Waals surface area contributed by atoms with Crippen molar-refractivity contribution in [2.75, 3.05) is 20.1 Å². The van der Waals surface area contributed by atoms with Crippen LogP contribution in [0.2, 0.25) is 0 Å². The van der Waals surface area contributed by atoms with E-state index in [-0.39, 0.29) is 6.10 Å². The molecule has 2 atom stereocenters. The molecule has 1 aliphatic carbocycles. The number of rotatable bonds is 7. The lowest BCUT2D eigenvalue weighted by Gasteiger charge is -2.26. The molecule has 0 spiro atoms.